The molecule has 6 heteroatoms. The van der Waals surface area contributed by atoms with E-state index in [1.807, 2.05) is 0 Å². The Kier molecular flexibility index (Phi) is 6.29. The highest BCUT2D eigenvalue weighted by molar-refractivity contribution is 7.91. The maximum atomic E-state index is 12.4. The first kappa shape index (κ1) is 18.4. The van der Waals surface area contributed by atoms with Gasteiger partial charge in [0, 0.05) is 18.4 Å². The third-order valence-electron chi connectivity index (χ3n) is 3.12. The summed E-state index contributed by atoms with van der Waals surface area (Å²) in [6, 6.07) is 4.70. The third-order valence-corrected chi connectivity index (χ3v) is 5.25. The quantitative estimate of drug-likeness (QED) is 0.742. The van der Waals surface area contributed by atoms with E-state index >= 15 is 0 Å². The van der Waals surface area contributed by atoms with Gasteiger partial charge in [0.25, 0.3) is 0 Å². The summed E-state index contributed by atoms with van der Waals surface area (Å²) < 4.78 is 24.8. The molecule has 0 aromatic heterocycles. The third kappa shape index (κ3) is 5.26. The van der Waals surface area contributed by atoms with Gasteiger partial charge in [0.05, 0.1) is 10.6 Å². The molecule has 0 fully saturated rings. The summed E-state index contributed by atoms with van der Waals surface area (Å²) in [6.45, 7) is 5.40. The summed E-state index contributed by atoms with van der Waals surface area (Å²) in [7, 11) is -3.53. The number of benzene rings is 1. The standard InChI is InChI=1S/C16H22O5S/c1-11(2)10-22(20,21)15-8-7-12(3)9-13(15)14(17)5-4-6-16(18)19/h7-9,11H,4-6,10H2,1-3H3,(H,18,19). The molecule has 0 spiro atoms. The lowest BCUT2D eigenvalue weighted by Crippen LogP contribution is -2.16. The van der Waals surface area contributed by atoms with Crippen LogP contribution in [0.4, 0.5) is 0 Å². The number of carbonyl (C=O) groups excluding carboxylic acids is 1. The van der Waals surface area contributed by atoms with Crippen molar-refractivity contribution in [1.82, 2.24) is 0 Å². The molecular weight excluding hydrogens is 304 g/mol. The van der Waals surface area contributed by atoms with E-state index in [2.05, 4.69) is 0 Å². The van der Waals surface area contributed by atoms with Crippen LogP contribution in [0.15, 0.2) is 23.1 Å². The SMILES string of the molecule is Cc1ccc(S(=O)(=O)CC(C)C)c(C(=O)CCCC(=O)O)c1. The van der Waals surface area contributed by atoms with Gasteiger partial charge in [0.1, 0.15) is 0 Å². The molecule has 0 unspecified atom stereocenters. The van der Waals surface area contributed by atoms with Crippen molar-refractivity contribution in [1.29, 1.82) is 0 Å². The van der Waals surface area contributed by atoms with E-state index in [1.54, 1.807) is 32.9 Å². The molecule has 0 aliphatic heterocycles. The molecule has 1 rings (SSSR count). The molecule has 0 bridgehead atoms. The molecule has 0 aliphatic rings. The minimum absolute atomic E-state index is 0.0224. The van der Waals surface area contributed by atoms with Crippen LogP contribution >= 0.6 is 0 Å². The highest BCUT2D eigenvalue weighted by Crippen LogP contribution is 2.22. The largest absolute Gasteiger partial charge is 0.481 e. The van der Waals surface area contributed by atoms with Crippen LogP contribution in [0.25, 0.3) is 0 Å². The minimum atomic E-state index is -3.53. The van der Waals surface area contributed by atoms with Crippen molar-refractivity contribution in [2.24, 2.45) is 5.92 Å². The van der Waals surface area contributed by atoms with Crippen LogP contribution in [0.3, 0.4) is 0 Å². The first-order valence-electron chi connectivity index (χ1n) is 7.22. The van der Waals surface area contributed by atoms with Crippen LogP contribution in [0, 0.1) is 12.8 Å². The number of hydrogen-bond acceptors (Lipinski definition) is 4. The number of hydrogen-bond donors (Lipinski definition) is 1. The number of sulfone groups is 1. The molecule has 1 N–H and O–H groups in total. The van der Waals surface area contributed by atoms with Crippen molar-refractivity contribution in [3.05, 3.63) is 29.3 Å². The number of carboxylic acids is 1. The first-order chi connectivity index (χ1) is 10.1. The van der Waals surface area contributed by atoms with Crippen LogP contribution in [0.5, 0.6) is 0 Å². The van der Waals surface area contributed by atoms with Gasteiger partial charge >= 0.3 is 5.97 Å². The van der Waals surface area contributed by atoms with E-state index in [-0.39, 0.29) is 47.2 Å². The van der Waals surface area contributed by atoms with Gasteiger partial charge in [-0.1, -0.05) is 25.5 Å². The second kappa shape index (κ2) is 7.54. The lowest BCUT2D eigenvalue weighted by Gasteiger charge is -2.12. The average molecular weight is 326 g/mol. The fraction of sp³-hybridized carbons (Fsp3) is 0.500. The zero-order valence-corrected chi connectivity index (χ0v) is 13.9. The van der Waals surface area contributed by atoms with Crippen LogP contribution in [-0.4, -0.2) is 31.0 Å². The van der Waals surface area contributed by atoms with Crippen molar-refractivity contribution in [3.63, 3.8) is 0 Å². The van der Waals surface area contributed by atoms with Crippen LogP contribution < -0.4 is 0 Å². The Hall–Kier alpha value is -1.69. The predicted octanol–water partition coefficient (Wildman–Crippen LogP) is 2.86. The van der Waals surface area contributed by atoms with Crippen LogP contribution in [0.1, 0.15) is 49.0 Å². The first-order valence-corrected chi connectivity index (χ1v) is 8.87. The normalized spacial score (nSPS) is 11.6. The molecule has 0 atom stereocenters. The van der Waals surface area contributed by atoms with E-state index < -0.39 is 15.8 Å². The maximum absolute atomic E-state index is 12.4. The van der Waals surface area contributed by atoms with E-state index in [1.165, 1.54) is 6.07 Å². The van der Waals surface area contributed by atoms with Gasteiger partial charge in [-0.15, -0.1) is 0 Å². The molecule has 1 aromatic carbocycles. The number of ketones is 1. The van der Waals surface area contributed by atoms with E-state index in [0.29, 0.717) is 0 Å². The molecule has 0 radical (unpaired) electrons. The lowest BCUT2D eigenvalue weighted by atomic mass is 10.0. The van der Waals surface area contributed by atoms with Crippen molar-refractivity contribution in [2.75, 3.05) is 5.75 Å². The van der Waals surface area contributed by atoms with Crippen molar-refractivity contribution >= 4 is 21.6 Å². The number of carboxylic acid groups (broad SMARTS) is 1. The molecule has 22 heavy (non-hydrogen) atoms. The summed E-state index contributed by atoms with van der Waals surface area (Å²) >= 11 is 0. The van der Waals surface area contributed by atoms with Gasteiger partial charge in [-0.3, -0.25) is 9.59 Å². The zero-order valence-electron chi connectivity index (χ0n) is 13.1. The number of aliphatic carboxylic acids is 1. The summed E-state index contributed by atoms with van der Waals surface area (Å²) in [4.78, 5) is 22.8. The second-order valence-corrected chi connectivity index (χ2v) is 7.85. The number of rotatable bonds is 8. The van der Waals surface area contributed by atoms with E-state index in [0.717, 1.165) is 5.56 Å². The predicted molar refractivity (Wildman–Crippen MR) is 83.9 cm³/mol. The molecule has 122 valence electrons. The Balaban J connectivity index is 3.10. The minimum Gasteiger partial charge on any atom is -0.481 e. The molecule has 0 saturated carbocycles. The van der Waals surface area contributed by atoms with Gasteiger partial charge in [0.15, 0.2) is 15.6 Å². The molecule has 0 aliphatic carbocycles. The monoisotopic (exact) mass is 326 g/mol. The van der Waals surface area contributed by atoms with Crippen molar-refractivity contribution in [3.8, 4) is 0 Å². The Morgan fingerprint density at radius 1 is 1.18 bits per heavy atom. The number of Topliss-reactive ketones (excluding diaryl/α,β-unsaturated/α-hetero) is 1. The summed E-state index contributed by atoms with van der Waals surface area (Å²) in [6.07, 6.45) is 0.122. The van der Waals surface area contributed by atoms with E-state index in [9.17, 15) is 18.0 Å². The van der Waals surface area contributed by atoms with Gasteiger partial charge in [0.2, 0.25) is 0 Å². The van der Waals surface area contributed by atoms with Gasteiger partial charge in [-0.05, 0) is 31.4 Å². The Morgan fingerprint density at radius 3 is 2.36 bits per heavy atom. The maximum Gasteiger partial charge on any atom is 0.303 e. The van der Waals surface area contributed by atoms with Gasteiger partial charge < -0.3 is 5.11 Å². The van der Waals surface area contributed by atoms with Crippen molar-refractivity contribution < 1.29 is 23.1 Å². The highest BCUT2D eigenvalue weighted by Gasteiger charge is 2.23. The van der Waals surface area contributed by atoms with Crippen molar-refractivity contribution in [2.45, 2.75) is 44.9 Å². The number of aryl methyl sites for hydroxylation is 1. The summed E-state index contributed by atoms with van der Waals surface area (Å²) in [5.41, 5.74) is 0.969. The zero-order chi connectivity index (χ0) is 16.9. The summed E-state index contributed by atoms with van der Waals surface area (Å²) in [5.74, 6) is -1.36. The second-order valence-electron chi connectivity index (χ2n) is 5.85. The van der Waals surface area contributed by atoms with E-state index in [4.69, 9.17) is 5.11 Å². The lowest BCUT2D eigenvalue weighted by molar-refractivity contribution is -0.137. The molecule has 0 amide bonds. The number of carbonyl (C=O) groups is 2. The van der Waals surface area contributed by atoms with Crippen LogP contribution in [-0.2, 0) is 14.6 Å². The Labute approximate surface area is 131 Å². The highest BCUT2D eigenvalue weighted by atomic mass is 32.2. The fourth-order valence-corrected chi connectivity index (χ4v) is 4.04. The Bertz CT molecular complexity index is 659. The summed E-state index contributed by atoms with van der Waals surface area (Å²) in [5, 5.41) is 8.62. The Morgan fingerprint density at radius 2 is 1.82 bits per heavy atom. The topological polar surface area (TPSA) is 88.5 Å². The molecule has 5 nitrogen and oxygen atoms in total. The molecule has 1 aromatic rings. The molecular formula is C16H22O5S. The average Bonchev–Trinajstić information content (AvgIpc) is 2.36. The fourth-order valence-electron chi connectivity index (χ4n) is 2.20. The molecule has 0 saturated heterocycles. The van der Waals surface area contributed by atoms with Crippen LogP contribution in [0.2, 0.25) is 0 Å². The van der Waals surface area contributed by atoms with Gasteiger partial charge in [-0.2, -0.15) is 0 Å². The smallest absolute Gasteiger partial charge is 0.303 e. The molecule has 0 heterocycles. The van der Waals surface area contributed by atoms with Gasteiger partial charge in [-0.25, -0.2) is 8.42 Å².